The molecule has 0 aliphatic carbocycles. The van der Waals surface area contributed by atoms with Gasteiger partial charge in [-0.3, -0.25) is 4.79 Å². The molecule has 0 saturated carbocycles. The standard InChI is InChI=1S/C23H27N3O2/c1-15-16(2)26-14-13-18(19(27)12-11-17-9-7-6-8-10-17)20(21(26)24-15)25-22(28)23(3,4)5/h6-14,19,27H,1-5H3,(H,25,28). The topological polar surface area (TPSA) is 66.6 Å². The van der Waals surface area contributed by atoms with Crippen LogP contribution in [0, 0.1) is 19.3 Å². The molecule has 2 heterocycles. The van der Waals surface area contributed by atoms with Crippen LogP contribution in [0.25, 0.3) is 11.7 Å². The molecule has 0 fully saturated rings. The van der Waals surface area contributed by atoms with Crippen molar-refractivity contribution < 1.29 is 9.90 Å². The van der Waals surface area contributed by atoms with Crippen molar-refractivity contribution in [3.8, 4) is 0 Å². The van der Waals surface area contributed by atoms with Gasteiger partial charge in [-0.15, -0.1) is 0 Å². The summed E-state index contributed by atoms with van der Waals surface area (Å²) in [4.78, 5) is 17.3. The van der Waals surface area contributed by atoms with E-state index >= 15 is 0 Å². The molecule has 0 saturated heterocycles. The van der Waals surface area contributed by atoms with E-state index in [2.05, 4.69) is 10.3 Å². The number of rotatable bonds is 4. The molecule has 0 bridgehead atoms. The van der Waals surface area contributed by atoms with E-state index < -0.39 is 11.5 Å². The summed E-state index contributed by atoms with van der Waals surface area (Å²) in [7, 11) is 0. The Morgan fingerprint density at radius 3 is 2.50 bits per heavy atom. The van der Waals surface area contributed by atoms with Crippen LogP contribution in [0.1, 0.15) is 49.4 Å². The minimum absolute atomic E-state index is 0.126. The number of nitrogens with one attached hydrogen (secondary N) is 1. The van der Waals surface area contributed by atoms with Crippen molar-refractivity contribution in [2.75, 3.05) is 5.32 Å². The highest BCUT2D eigenvalue weighted by Gasteiger charge is 2.25. The van der Waals surface area contributed by atoms with E-state index in [-0.39, 0.29) is 5.91 Å². The maximum atomic E-state index is 12.7. The summed E-state index contributed by atoms with van der Waals surface area (Å²) in [6.07, 6.45) is 4.59. The van der Waals surface area contributed by atoms with Gasteiger partial charge in [0.05, 0.1) is 17.5 Å². The lowest BCUT2D eigenvalue weighted by Gasteiger charge is -2.21. The molecule has 2 aromatic heterocycles. The van der Waals surface area contributed by atoms with Gasteiger partial charge in [0.1, 0.15) is 0 Å². The van der Waals surface area contributed by atoms with E-state index in [0.29, 0.717) is 16.9 Å². The maximum Gasteiger partial charge on any atom is 0.229 e. The lowest BCUT2D eigenvalue weighted by molar-refractivity contribution is -0.123. The quantitative estimate of drug-likeness (QED) is 0.694. The number of aliphatic hydroxyl groups excluding tert-OH is 1. The molecule has 1 aromatic carbocycles. The summed E-state index contributed by atoms with van der Waals surface area (Å²) >= 11 is 0. The lowest BCUT2D eigenvalue weighted by Crippen LogP contribution is -2.28. The molecular formula is C23H27N3O2. The number of aliphatic hydroxyl groups is 1. The third-order valence-electron chi connectivity index (χ3n) is 4.81. The minimum Gasteiger partial charge on any atom is -0.384 e. The predicted molar refractivity (Wildman–Crippen MR) is 113 cm³/mol. The average Bonchev–Trinajstić information content (AvgIpc) is 2.95. The number of carbonyl (C=O) groups excluding carboxylic acids is 1. The second kappa shape index (κ2) is 7.60. The molecule has 5 heteroatoms. The highest BCUT2D eigenvalue weighted by Crippen LogP contribution is 2.31. The second-order valence-electron chi connectivity index (χ2n) is 8.04. The Hall–Kier alpha value is -2.92. The summed E-state index contributed by atoms with van der Waals surface area (Å²) < 4.78 is 1.94. The van der Waals surface area contributed by atoms with Gasteiger partial charge in [-0.2, -0.15) is 0 Å². The molecule has 3 rings (SSSR count). The molecular weight excluding hydrogens is 350 g/mol. The third-order valence-corrected chi connectivity index (χ3v) is 4.81. The monoisotopic (exact) mass is 377 g/mol. The van der Waals surface area contributed by atoms with Gasteiger partial charge < -0.3 is 14.8 Å². The van der Waals surface area contributed by atoms with E-state index in [4.69, 9.17) is 0 Å². The summed E-state index contributed by atoms with van der Waals surface area (Å²) in [5.41, 5.74) is 4.12. The number of aryl methyl sites for hydroxylation is 2. The summed E-state index contributed by atoms with van der Waals surface area (Å²) in [5, 5.41) is 13.8. The molecule has 0 radical (unpaired) electrons. The number of fused-ring (bicyclic) bond motifs is 1. The normalized spacial score (nSPS) is 13.2. The highest BCUT2D eigenvalue weighted by molar-refractivity contribution is 5.98. The van der Waals surface area contributed by atoms with Crippen LogP contribution in [0.2, 0.25) is 0 Å². The molecule has 0 aliphatic rings. The first-order chi connectivity index (χ1) is 13.2. The lowest BCUT2D eigenvalue weighted by atomic mass is 9.95. The number of aromatic nitrogens is 2. The van der Waals surface area contributed by atoms with Crippen molar-refractivity contribution in [2.24, 2.45) is 5.41 Å². The second-order valence-corrected chi connectivity index (χ2v) is 8.04. The molecule has 1 amide bonds. The molecule has 5 nitrogen and oxygen atoms in total. The molecule has 1 atom stereocenters. The zero-order chi connectivity index (χ0) is 20.5. The first-order valence-electron chi connectivity index (χ1n) is 9.39. The average molecular weight is 377 g/mol. The Morgan fingerprint density at radius 1 is 1.18 bits per heavy atom. The fraction of sp³-hybridized carbons (Fsp3) is 0.304. The molecule has 0 aliphatic heterocycles. The highest BCUT2D eigenvalue weighted by atomic mass is 16.3. The zero-order valence-corrected chi connectivity index (χ0v) is 17.0. The van der Waals surface area contributed by atoms with Crippen molar-refractivity contribution in [3.63, 3.8) is 0 Å². The van der Waals surface area contributed by atoms with Crippen molar-refractivity contribution in [1.29, 1.82) is 0 Å². The van der Waals surface area contributed by atoms with E-state index in [1.165, 1.54) is 0 Å². The van der Waals surface area contributed by atoms with Crippen LogP contribution in [-0.2, 0) is 4.79 Å². The molecule has 2 N–H and O–H groups in total. The number of anilines is 1. The number of hydrogen-bond donors (Lipinski definition) is 2. The largest absolute Gasteiger partial charge is 0.384 e. The maximum absolute atomic E-state index is 12.7. The molecule has 3 aromatic rings. The Bertz CT molecular complexity index is 1030. The number of amides is 1. The number of pyridine rings is 1. The molecule has 0 spiro atoms. The number of carbonyl (C=O) groups is 1. The minimum atomic E-state index is -0.877. The number of imidazole rings is 1. The van der Waals surface area contributed by atoms with Crippen molar-refractivity contribution >= 4 is 23.3 Å². The Labute approximate surface area is 165 Å². The predicted octanol–water partition coefficient (Wildman–Crippen LogP) is 4.68. The van der Waals surface area contributed by atoms with E-state index in [9.17, 15) is 9.90 Å². The van der Waals surface area contributed by atoms with Crippen LogP contribution in [0.4, 0.5) is 5.69 Å². The Morgan fingerprint density at radius 2 is 1.86 bits per heavy atom. The summed E-state index contributed by atoms with van der Waals surface area (Å²) in [6, 6.07) is 11.6. The van der Waals surface area contributed by atoms with Crippen LogP contribution < -0.4 is 5.32 Å². The Balaban J connectivity index is 2.06. The number of nitrogens with zero attached hydrogens (tertiary/aromatic N) is 2. The van der Waals surface area contributed by atoms with E-state index in [0.717, 1.165) is 17.0 Å². The van der Waals surface area contributed by atoms with Gasteiger partial charge in [-0.1, -0.05) is 63.3 Å². The van der Waals surface area contributed by atoms with Gasteiger partial charge >= 0.3 is 0 Å². The van der Waals surface area contributed by atoms with Gasteiger partial charge in [0.2, 0.25) is 5.91 Å². The molecule has 28 heavy (non-hydrogen) atoms. The Kier molecular flexibility index (Phi) is 5.38. The van der Waals surface area contributed by atoms with Gasteiger partial charge in [0, 0.05) is 22.9 Å². The third kappa shape index (κ3) is 3.99. The number of benzene rings is 1. The molecule has 146 valence electrons. The van der Waals surface area contributed by atoms with Gasteiger partial charge in [-0.25, -0.2) is 4.98 Å². The fourth-order valence-corrected chi connectivity index (χ4v) is 2.90. The smallest absolute Gasteiger partial charge is 0.229 e. The van der Waals surface area contributed by atoms with Gasteiger partial charge in [0.15, 0.2) is 5.65 Å². The summed E-state index contributed by atoms with van der Waals surface area (Å²) in [5.74, 6) is -0.126. The van der Waals surface area contributed by atoms with Gasteiger partial charge in [0.25, 0.3) is 0 Å². The molecule has 1 unspecified atom stereocenters. The first-order valence-corrected chi connectivity index (χ1v) is 9.39. The van der Waals surface area contributed by atoms with Crippen molar-refractivity contribution in [1.82, 2.24) is 9.38 Å². The van der Waals surface area contributed by atoms with Crippen LogP contribution in [-0.4, -0.2) is 20.4 Å². The number of hydrogen-bond acceptors (Lipinski definition) is 3. The van der Waals surface area contributed by atoms with Crippen LogP contribution in [0.5, 0.6) is 0 Å². The van der Waals surface area contributed by atoms with Crippen molar-refractivity contribution in [2.45, 2.75) is 40.7 Å². The van der Waals surface area contributed by atoms with Crippen LogP contribution in [0.15, 0.2) is 48.7 Å². The van der Waals surface area contributed by atoms with Crippen LogP contribution >= 0.6 is 0 Å². The first kappa shape index (κ1) is 19.8. The van der Waals surface area contributed by atoms with E-state index in [1.54, 1.807) is 6.08 Å². The van der Waals surface area contributed by atoms with Crippen LogP contribution in [0.3, 0.4) is 0 Å². The SMILES string of the molecule is Cc1nc2c(NC(=O)C(C)(C)C)c(C(O)C=Cc3ccccc3)ccn2c1C. The van der Waals surface area contributed by atoms with E-state index in [1.807, 2.05) is 87.7 Å². The van der Waals surface area contributed by atoms with Crippen molar-refractivity contribution in [3.05, 3.63) is 71.2 Å². The van der Waals surface area contributed by atoms with Gasteiger partial charge in [-0.05, 0) is 25.5 Å². The zero-order valence-electron chi connectivity index (χ0n) is 17.0. The summed E-state index contributed by atoms with van der Waals surface area (Å²) in [6.45, 7) is 9.49. The fourth-order valence-electron chi connectivity index (χ4n) is 2.90.